The van der Waals surface area contributed by atoms with Crippen LogP contribution in [0.2, 0.25) is 0 Å². The number of pyridine rings is 1. The van der Waals surface area contributed by atoms with Crippen LogP contribution in [0.4, 0.5) is 5.82 Å². The van der Waals surface area contributed by atoms with Crippen molar-refractivity contribution in [3.63, 3.8) is 0 Å². The molecule has 1 heterocycles. The second-order valence-corrected chi connectivity index (χ2v) is 6.21. The summed E-state index contributed by atoms with van der Waals surface area (Å²) in [5, 5.41) is 0. The average Bonchev–Trinajstić information content (AvgIpc) is 2.33. The Morgan fingerprint density at radius 2 is 2.00 bits per heavy atom. The van der Waals surface area contributed by atoms with Gasteiger partial charge in [-0.1, -0.05) is 26.8 Å². The Morgan fingerprint density at radius 3 is 2.42 bits per heavy atom. The van der Waals surface area contributed by atoms with Crippen molar-refractivity contribution in [3.05, 3.63) is 36.0 Å². The molecule has 0 aliphatic rings. The van der Waals surface area contributed by atoms with E-state index in [1.807, 2.05) is 6.08 Å². The topological polar surface area (TPSA) is 42.1 Å². The Bertz CT molecular complexity index is 430. The SMILES string of the molecule is C=CCN(c1cc(CN)cc(C(C)(C)C)n1)C(C)C. The van der Waals surface area contributed by atoms with Crippen molar-refractivity contribution >= 4 is 5.82 Å². The van der Waals surface area contributed by atoms with Crippen LogP contribution < -0.4 is 10.6 Å². The van der Waals surface area contributed by atoms with Gasteiger partial charge in [0.1, 0.15) is 5.82 Å². The van der Waals surface area contributed by atoms with Crippen molar-refractivity contribution in [2.24, 2.45) is 5.73 Å². The van der Waals surface area contributed by atoms with Crippen LogP contribution in [0.25, 0.3) is 0 Å². The van der Waals surface area contributed by atoms with E-state index in [0.29, 0.717) is 12.6 Å². The number of nitrogens with two attached hydrogens (primary N) is 1. The van der Waals surface area contributed by atoms with Crippen LogP contribution >= 0.6 is 0 Å². The molecule has 3 heteroatoms. The maximum Gasteiger partial charge on any atom is 0.129 e. The number of rotatable bonds is 5. The van der Waals surface area contributed by atoms with Crippen molar-refractivity contribution in [2.75, 3.05) is 11.4 Å². The van der Waals surface area contributed by atoms with E-state index in [1.54, 1.807) is 0 Å². The Balaban J connectivity index is 3.29. The zero-order valence-electron chi connectivity index (χ0n) is 12.9. The first-order chi connectivity index (χ1) is 8.79. The molecule has 1 rings (SSSR count). The smallest absolute Gasteiger partial charge is 0.129 e. The largest absolute Gasteiger partial charge is 0.350 e. The van der Waals surface area contributed by atoms with Gasteiger partial charge in [-0.15, -0.1) is 6.58 Å². The maximum atomic E-state index is 5.81. The lowest BCUT2D eigenvalue weighted by Crippen LogP contribution is -2.32. The summed E-state index contributed by atoms with van der Waals surface area (Å²) in [6.07, 6.45) is 1.91. The molecule has 106 valence electrons. The molecule has 0 aromatic carbocycles. The lowest BCUT2D eigenvalue weighted by molar-refractivity contribution is 0.565. The van der Waals surface area contributed by atoms with Gasteiger partial charge in [-0.25, -0.2) is 4.98 Å². The fourth-order valence-corrected chi connectivity index (χ4v) is 1.93. The van der Waals surface area contributed by atoms with Gasteiger partial charge in [-0.3, -0.25) is 0 Å². The highest BCUT2D eigenvalue weighted by Gasteiger charge is 2.19. The molecule has 0 aliphatic carbocycles. The highest BCUT2D eigenvalue weighted by Crippen LogP contribution is 2.25. The molecular weight excluding hydrogens is 234 g/mol. The predicted molar refractivity (Wildman–Crippen MR) is 83.5 cm³/mol. The van der Waals surface area contributed by atoms with Gasteiger partial charge in [-0.05, 0) is 31.5 Å². The molecular formula is C16H27N3. The van der Waals surface area contributed by atoms with Crippen molar-refractivity contribution in [2.45, 2.75) is 52.6 Å². The maximum absolute atomic E-state index is 5.81. The third-order valence-electron chi connectivity index (χ3n) is 3.12. The number of hydrogen-bond donors (Lipinski definition) is 1. The summed E-state index contributed by atoms with van der Waals surface area (Å²) in [4.78, 5) is 7.05. The molecule has 0 bridgehead atoms. The van der Waals surface area contributed by atoms with Crippen molar-refractivity contribution in [1.29, 1.82) is 0 Å². The molecule has 0 saturated heterocycles. The normalized spacial score (nSPS) is 11.7. The number of nitrogens with zero attached hydrogens (tertiary/aromatic N) is 2. The van der Waals surface area contributed by atoms with Crippen LogP contribution in [0, 0.1) is 0 Å². The van der Waals surface area contributed by atoms with Crippen LogP contribution in [-0.2, 0) is 12.0 Å². The molecule has 0 fully saturated rings. The first-order valence-electron chi connectivity index (χ1n) is 6.88. The molecule has 2 N–H and O–H groups in total. The highest BCUT2D eigenvalue weighted by molar-refractivity contribution is 5.45. The third kappa shape index (κ3) is 4.06. The van der Waals surface area contributed by atoms with E-state index in [0.717, 1.165) is 23.6 Å². The lowest BCUT2D eigenvalue weighted by atomic mass is 9.90. The quantitative estimate of drug-likeness (QED) is 0.827. The van der Waals surface area contributed by atoms with E-state index in [4.69, 9.17) is 10.7 Å². The van der Waals surface area contributed by atoms with E-state index in [-0.39, 0.29) is 5.41 Å². The summed E-state index contributed by atoms with van der Waals surface area (Å²) < 4.78 is 0. The van der Waals surface area contributed by atoms with Gasteiger partial charge in [0.25, 0.3) is 0 Å². The van der Waals surface area contributed by atoms with Crippen LogP contribution in [0.5, 0.6) is 0 Å². The molecule has 0 atom stereocenters. The zero-order chi connectivity index (χ0) is 14.6. The molecule has 1 aromatic heterocycles. The second-order valence-electron chi connectivity index (χ2n) is 6.21. The minimum Gasteiger partial charge on any atom is -0.350 e. The summed E-state index contributed by atoms with van der Waals surface area (Å²) in [7, 11) is 0. The molecule has 0 amide bonds. The van der Waals surface area contributed by atoms with Gasteiger partial charge in [0.05, 0.1) is 0 Å². The monoisotopic (exact) mass is 261 g/mol. The van der Waals surface area contributed by atoms with Gasteiger partial charge in [0.2, 0.25) is 0 Å². The average molecular weight is 261 g/mol. The second kappa shape index (κ2) is 6.20. The van der Waals surface area contributed by atoms with Crippen LogP contribution in [0.1, 0.15) is 45.9 Å². The standard InChI is InChI=1S/C16H27N3/c1-7-8-19(12(2)3)15-10-13(11-17)9-14(18-15)16(4,5)6/h7,9-10,12H,1,8,11,17H2,2-6H3. The molecule has 0 radical (unpaired) electrons. The Labute approximate surface area is 117 Å². The van der Waals surface area contributed by atoms with Crippen molar-refractivity contribution in [1.82, 2.24) is 4.98 Å². The number of hydrogen-bond acceptors (Lipinski definition) is 3. The first kappa shape index (κ1) is 15.7. The molecule has 19 heavy (non-hydrogen) atoms. The van der Waals surface area contributed by atoms with Crippen molar-refractivity contribution < 1.29 is 0 Å². The van der Waals surface area contributed by atoms with Crippen LogP contribution in [0.3, 0.4) is 0 Å². The molecule has 0 saturated carbocycles. The summed E-state index contributed by atoms with van der Waals surface area (Å²) >= 11 is 0. The predicted octanol–water partition coefficient (Wildman–Crippen LogP) is 3.24. The first-order valence-corrected chi connectivity index (χ1v) is 6.88. The summed E-state index contributed by atoms with van der Waals surface area (Å²) in [5.74, 6) is 0.989. The van der Waals surface area contributed by atoms with E-state index in [2.05, 4.69) is 58.2 Å². The van der Waals surface area contributed by atoms with E-state index in [1.165, 1.54) is 0 Å². The molecule has 1 aromatic rings. The third-order valence-corrected chi connectivity index (χ3v) is 3.12. The van der Waals surface area contributed by atoms with Gasteiger partial charge in [-0.2, -0.15) is 0 Å². The Morgan fingerprint density at radius 1 is 1.37 bits per heavy atom. The fraction of sp³-hybridized carbons (Fsp3) is 0.562. The number of aromatic nitrogens is 1. The van der Waals surface area contributed by atoms with Gasteiger partial charge in [0, 0.05) is 30.2 Å². The van der Waals surface area contributed by atoms with Gasteiger partial charge >= 0.3 is 0 Å². The minimum absolute atomic E-state index is 0.0246. The summed E-state index contributed by atoms with van der Waals surface area (Å²) in [5.41, 5.74) is 8.05. The Kier molecular flexibility index (Phi) is 5.12. The molecule has 0 unspecified atom stereocenters. The molecule has 0 aliphatic heterocycles. The summed E-state index contributed by atoms with van der Waals surface area (Å²) in [6, 6.07) is 4.57. The van der Waals surface area contributed by atoms with E-state index < -0.39 is 0 Å². The molecule has 3 nitrogen and oxygen atoms in total. The van der Waals surface area contributed by atoms with E-state index >= 15 is 0 Å². The number of anilines is 1. The Hall–Kier alpha value is -1.35. The van der Waals surface area contributed by atoms with Crippen LogP contribution in [-0.4, -0.2) is 17.6 Å². The van der Waals surface area contributed by atoms with Gasteiger partial charge in [0.15, 0.2) is 0 Å². The highest BCUT2D eigenvalue weighted by atomic mass is 15.2. The van der Waals surface area contributed by atoms with Crippen molar-refractivity contribution in [3.8, 4) is 0 Å². The van der Waals surface area contributed by atoms with Gasteiger partial charge < -0.3 is 10.6 Å². The minimum atomic E-state index is 0.0246. The van der Waals surface area contributed by atoms with Crippen LogP contribution in [0.15, 0.2) is 24.8 Å². The molecule has 0 spiro atoms. The lowest BCUT2D eigenvalue weighted by Gasteiger charge is -2.29. The summed E-state index contributed by atoms with van der Waals surface area (Å²) in [6.45, 7) is 16.0. The zero-order valence-corrected chi connectivity index (χ0v) is 12.9. The van der Waals surface area contributed by atoms with E-state index in [9.17, 15) is 0 Å². The fourth-order valence-electron chi connectivity index (χ4n) is 1.93.